The molecule has 0 bridgehead atoms. The molecular formula is C33H42O4Si. The van der Waals surface area contributed by atoms with E-state index < -0.39 is 8.32 Å². The molecule has 1 saturated heterocycles. The molecule has 0 aromatic heterocycles. The van der Waals surface area contributed by atoms with Crippen LogP contribution in [0.4, 0.5) is 0 Å². The monoisotopic (exact) mass is 530 g/mol. The fraction of sp³-hybridized carbons (Fsp3) is 0.424. The van der Waals surface area contributed by atoms with Gasteiger partial charge in [0.1, 0.15) is 6.10 Å². The molecule has 0 N–H and O–H groups in total. The Kier molecular flexibility index (Phi) is 10.1. The molecule has 0 amide bonds. The predicted molar refractivity (Wildman–Crippen MR) is 156 cm³/mol. The first-order valence-corrected chi connectivity index (χ1v) is 15.9. The van der Waals surface area contributed by atoms with Gasteiger partial charge in [-0.3, -0.25) is 4.79 Å². The maximum absolute atomic E-state index is 12.6. The van der Waals surface area contributed by atoms with Gasteiger partial charge in [0.25, 0.3) is 8.32 Å². The highest BCUT2D eigenvalue weighted by Crippen LogP contribution is 2.37. The van der Waals surface area contributed by atoms with Gasteiger partial charge in [0, 0.05) is 19.6 Å². The summed E-state index contributed by atoms with van der Waals surface area (Å²) >= 11 is 0. The van der Waals surface area contributed by atoms with Crippen LogP contribution in [0.15, 0.2) is 91.0 Å². The molecule has 1 fully saturated rings. The summed E-state index contributed by atoms with van der Waals surface area (Å²) in [6.45, 7) is 8.79. The lowest BCUT2D eigenvalue weighted by molar-refractivity contribution is -0.123. The van der Waals surface area contributed by atoms with Crippen LogP contribution < -0.4 is 10.4 Å². The van der Waals surface area contributed by atoms with Crippen LogP contribution >= 0.6 is 0 Å². The highest BCUT2D eigenvalue weighted by molar-refractivity contribution is 6.99. The molecule has 1 heterocycles. The molecule has 2 atom stereocenters. The lowest BCUT2D eigenvalue weighted by Crippen LogP contribution is -2.66. The van der Waals surface area contributed by atoms with Gasteiger partial charge in [-0.05, 0) is 46.7 Å². The third-order valence-corrected chi connectivity index (χ3v) is 12.5. The number of ether oxygens (including phenoxy) is 2. The number of carbonyl (C=O) groups is 1. The maximum atomic E-state index is 12.6. The summed E-state index contributed by atoms with van der Waals surface area (Å²) in [5.74, 6) is 0.228. The molecule has 5 heteroatoms. The fourth-order valence-electron chi connectivity index (χ4n) is 5.54. The summed E-state index contributed by atoms with van der Waals surface area (Å²) in [6.07, 6.45) is 3.46. The fourth-order valence-corrected chi connectivity index (χ4v) is 10.2. The van der Waals surface area contributed by atoms with Gasteiger partial charge in [0.05, 0.1) is 12.7 Å². The Bertz CT molecular complexity index is 1070. The van der Waals surface area contributed by atoms with Crippen LogP contribution in [0.25, 0.3) is 0 Å². The molecule has 0 saturated carbocycles. The average Bonchev–Trinajstić information content (AvgIpc) is 3.28. The Hall–Kier alpha value is -2.57. The van der Waals surface area contributed by atoms with E-state index in [2.05, 4.69) is 93.6 Å². The van der Waals surface area contributed by atoms with Crippen molar-refractivity contribution in [2.75, 3.05) is 13.2 Å². The minimum Gasteiger partial charge on any atom is -0.407 e. The zero-order valence-electron chi connectivity index (χ0n) is 23.1. The first-order chi connectivity index (χ1) is 18.4. The van der Waals surface area contributed by atoms with Gasteiger partial charge in [-0.15, -0.1) is 0 Å². The summed E-state index contributed by atoms with van der Waals surface area (Å²) in [4.78, 5) is 12.6. The van der Waals surface area contributed by atoms with Gasteiger partial charge in [-0.1, -0.05) is 112 Å². The molecule has 202 valence electrons. The quantitative estimate of drug-likeness (QED) is 0.199. The topological polar surface area (TPSA) is 44.8 Å². The van der Waals surface area contributed by atoms with E-state index in [-0.39, 0.29) is 23.0 Å². The Morgan fingerprint density at radius 3 is 1.92 bits per heavy atom. The van der Waals surface area contributed by atoms with Gasteiger partial charge in [-0.25, -0.2) is 0 Å². The molecule has 3 aromatic carbocycles. The number of hydrogen-bond donors (Lipinski definition) is 0. The van der Waals surface area contributed by atoms with Crippen molar-refractivity contribution >= 4 is 24.5 Å². The van der Waals surface area contributed by atoms with E-state index in [9.17, 15) is 4.79 Å². The number of Topliss-reactive ketones (excluding diaryl/α,β-unsaturated/α-hetero) is 1. The van der Waals surface area contributed by atoms with E-state index in [1.54, 1.807) is 0 Å². The summed E-state index contributed by atoms with van der Waals surface area (Å²) in [7, 11) is -2.52. The van der Waals surface area contributed by atoms with Gasteiger partial charge in [0.15, 0.2) is 5.78 Å². The molecule has 0 unspecified atom stereocenters. The zero-order chi connectivity index (χ0) is 26.8. The minimum atomic E-state index is -2.52. The summed E-state index contributed by atoms with van der Waals surface area (Å²) in [6, 6.07) is 31.6. The van der Waals surface area contributed by atoms with E-state index in [0.717, 1.165) is 25.7 Å². The number of rotatable bonds is 13. The number of carbonyl (C=O) groups excluding carboxylic acids is 1. The van der Waals surface area contributed by atoms with E-state index in [0.29, 0.717) is 26.2 Å². The molecular weight excluding hydrogens is 488 g/mol. The van der Waals surface area contributed by atoms with Crippen molar-refractivity contribution < 1.29 is 18.7 Å². The predicted octanol–water partition coefficient (Wildman–Crippen LogP) is 6.07. The Labute approximate surface area is 229 Å². The van der Waals surface area contributed by atoms with Crippen molar-refractivity contribution in [2.24, 2.45) is 0 Å². The van der Waals surface area contributed by atoms with Crippen molar-refractivity contribution in [1.29, 1.82) is 0 Å². The highest BCUT2D eigenvalue weighted by Gasteiger charge is 2.50. The van der Waals surface area contributed by atoms with E-state index in [4.69, 9.17) is 13.9 Å². The Balaban J connectivity index is 1.27. The second-order valence-corrected chi connectivity index (χ2v) is 15.6. The van der Waals surface area contributed by atoms with Gasteiger partial charge in [-0.2, -0.15) is 0 Å². The summed E-state index contributed by atoms with van der Waals surface area (Å²) in [5, 5.41) is 2.55. The second kappa shape index (κ2) is 13.5. The SMILES string of the molecule is CC(C)(C)[Si](OCCC[C@H]1CC(=O)[C@H](CCCOCc2ccccc2)O1)(c1ccccc1)c1ccccc1. The average molecular weight is 531 g/mol. The van der Waals surface area contributed by atoms with Gasteiger partial charge >= 0.3 is 0 Å². The molecule has 0 spiro atoms. The van der Waals surface area contributed by atoms with Crippen LogP contribution in [-0.2, 0) is 25.3 Å². The number of benzene rings is 3. The largest absolute Gasteiger partial charge is 0.407 e. The second-order valence-electron chi connectivity index (χ2n) is 11.3. The van der Waals surface area contributed by atoms with E-state index >= 15 is 0 Å². The molecule has 38 heavy (non-hydrogen) atoms. The normalized spacial score (nSPS) is 18.1. The van der Waals surface area contributed by atoms with Crippen LogP contribution in [0.1, 0.15) is 58.4 Å². The van der Waals surface area contributed by atoms with Crippen molar-refractivity contribution in [2.45, 2.75) is 76.7 Å². The van der Waals surface area contributed by atoms with E-state index in [1.807, 2.05) is 18.2 Å². The minimum absolute atomic E-state index is 0.0134. The van der Waals surface area contributed by atoms with Crippen LogP contribution in [-0.4, -0.2) is 39.5 Å². The molecule has 3 aromatic rings. The first kappa shape index (κ1) is 28.4. The molecule has 1 aliphatic heterocycles. The molecule has 4 nitrogen and oxygen atoms in total. The van der Waals surface area contributed by atoms with Crippen LogP contribution in [0.3, 0.4) is 0 Å². The third-order valence-electron chi connectivity index (χ3n) is 7.42. The zero-order valence-corrected chi connectivity index (χ0v) is 24.1. The van der Waals surface area contributed by atoms with Gasteiger partial charge < -0.3 is 13.9 Å². The van der Waals surface area contributed by atoms with Crippen LogP contribution in [0.5, 0.6) is 0 Å². The molecule has 1 aliphatic rings. The van der Waals surface area contributed by atoms with Crippen molar-refractivity contribution in [3.05, 3.63) is 96.6 Å². The number of hydrogen-bond acceptors (Lipinski definition) is 4. The Morgan fingerprint density at radius 1 is 0.789 bits per heavy atom. The van der Waals surface area contributed by atoms with E-state index in [1.165, 1.54) is 15.9 Å². The Morgan fingerprint density at radius 2 is 1.34 bits per heavy atom. The molecule has 0 aliphatic carbocycles. The maximum Gasteiger partial charge on any atom is 0.261 e. The lowest BCUT2D eigenvalue weighted by Gasteiger charge is -2.43. The van der Waals surface area contributed by atoms with Crippen LogP contribution in [0.2, 0.25) is 5.04 Å². The molecule has 0 radical (unpaired) electrons. The third kappa shape index (κ3) is 7.09. The van der Waals surface area contributed by atoms with Crippen molar-refractivity contribution in [1.82, 2.24) is 0 Å². The summed E-state index contributed by atoms with van der Waals surface area (Å²) < 4.78 is 18.9. The van der Waals surface area contributed by atoms with Crippen LogP contribution in [0, 0.1) is 0 Å². The number of ketones is 1. The summed E-state index contributed by atoms with van der Waals surface area (Å²) in [5.41, 5.74) is 1.17. The standard InChI is InChI=1S/C33H42O4Si/c1-33(2,3)38(29-18-9-5-10-19-29,30-20-11-6-12-21-30)36-24-13-17-28-25-31(34)32(37-28)22-14-23-35-26-27-15-7-4-8-16-27/h4-12,15-16,18-21,28,32H,13-14,17,22-26H2,1-3H3/t28-,32-/m0/s1. The van der Waals surface area contributed by atoms with Crippen molar-refractivity contribution in [3.63, 3.8) is 0 Å². The highest BCUT2D eigenvalue weighted by atomic mass is 28.4. The smallest absolute Gasteiger partial charge is 0.261 e. The lowest BCUT2D eigenvalue weighted by atomic mass is 10.1. The molecule has 4 rings (SSSR count). The van der Waals surface area contributed by atoms with Gasteiger partial charge in [0.2, 0.25) is 0 Å². The van der Waals surface area contributed by atoms with Crippen molar-refractivity contribution in [3.8, 4) is 0 Å². The first-order valence-electron chi connectivity index (χ1n) is 13.9.